The molecule has 0 heterocycles. The van der Waals surface area contributed by atoms with E-state index in [-0.39, 0.29) is 18.6 Å². The smallest absolute Gasteiger partial charge is 0.303 e. The first kappa shape index (κ1) is 16.0. The summed E-state index contributed by atoms with van der Waals surface area (Å²) in [7, 11) is 0. The number of ketones is 1. The molecule has 0 aliphatic rings. The minimum Gasteiger partial charge on any atom is -0.494 e. The Morgan fingerprint density at radius 1 is 1.05 bits per heavy atom. The normalized spacial score (nSPS) is 10.2. The Morgan fingerprint density at radius 3 is 2.20 bits per heavy atom. The van der Waals surface area contributed by atoms with Gasteiger partial charge >= 0.3 is 5.97 Å². The third-order valence-electron chi connectivity index (χ3n) is 2.74. The van der Waals surface area contributed by atoms with Gasteiger partial charge < -0.3 is 14.6 Å². The highest BCUT2D eigenvalue weighted by Gasteiger charge is 2.17. The minimum atomic E-state index is -0.992. The molecule has 0 saturated heterocycles. The van der Waals surface area contributed by atoms with E-state index in [1.165, 1.54) is 0 Å². The van der Waals surface area contributed by atoms with E-state index in [4.69, 9.17) is 14.6 Å². The molecule has 0 aromatic heterocycles. The predicted molar refractivity (Wildman–Crippen MR) is 74.7 cm³/mol. The Bertz CT molecular complexity index is 493. The van der Waals surface area contributed by atoms with Crippen molar-refractivity contribution < 1.29 is 24.2 Å². The Morgan fingerprint density at radius 2 is 1.65 bits per heavy atom. The summed E-state index contributed by atoms with van der Waals surface area (Å²) in [5.74, 6) is -0.149. The number of hydrogen-bond acceptors (Lipinski definition) is 4. The van der Waals surface area contributed by atoms with E-state index < -0.39 is 5.97 Å². The summed E-state index contributed by atoms with van der Waals surface area (Å²) in [5.41, 5.74) is 1.26. The first-order valence-electron chi connectivity index (χ1n) is 6.64. The molecule has 0 atom stereocenters. The maximum Gasteiger partial charge on any atom is 0.303 e. The third kappa shape index (κ3) is 4.26. The molecule has 0 aliphatic carbocycles. The zero-order valence-electron chi connectivity index (χ0n) is 12.1. The van der Waals surface area contributed by atoms with Gasteiger partial charge in [0.2, 0.25) is 0 Å². The Hall–Kier alpha value is -2.04. The van der Waals surface area contributed by atoms with Crippen LogP contribution in [0.4, 0.5) is 0 Å². The molecule has 5 heteroatoms. The number of carboxylic acids is 1. The van der Waals surface area contributed by atoms with E-state index >= 15 is 0 Å². The average Bonchev–Trinajstić information content (AvgIpc) is 2.39. The van der Waals surface area contributed by atoms with Crippen LogP contribution in [0.15, 0.2) is 12.1 Å². The molecule has 5 nitrogen and oxygen atoms in total. The van der Waals surface area contributed by atoms with Crippen molar-refractivity contribution in [2.75, 3.05) is 13.2 Å². The molecule has 1 N–H and O–H groups in total. The molecule has 1 aromatic rings. The van der Waals surface area contributed by atoms with Crippen molar-refractivity contribution in [1.82, 2.24) is 0 Å². The molecule has 0 saturated carbocycles. The monoisotopic (exact) mass is 280 g/mol. The number of aliphatic carboxylic acids is 1. The van der Waals surface area contributed by atoms with Gasteiger partial charge in [0.25, 0.3) is 0 Å². The second-order valence-corrected chi connectivity index (χ2v) is 4.30. The van der Waals surface area contributed by atoms with Crippen LogP contribution < -0.4 is 9.47 Å². The zero-order chi connectivity index (χ0) is 15.1. The summed E-state index contributed by atoms with van der Waals surface area (Å²) < 4.78 is 10.9. The number of ether oxygens (including phenoxy) is 2. The van der Waals surface area contributed by atoms with Crippen molar-refractivity contribution >= 4 is 11.8 Å². The lowest BCUT2D eigenvalue weighted by Gasteiger charge is -2.14. The van der Waals surface area contributed by atoms with Crippen molar-refractivity contribution in [2.24, 2.45) is 0 Å². The first-order valence-corrected chi connectivity index (χ1v) is 6.64. The largest absolute Gasteiger partial charge is 0.494 e. The van der Waals surface area contributed by atoms with Gasteiger partial charge in [0.1, 0.15) is 11.5 Å². The standard InChI is InChI=1S/C15H20O5/c1-4-19-13-9-11(12(16)6-7-15(17)18)14(20-5-2)8-10(13)3/h8-9H,4-7H2,1-3H3,(H,17,18). The number of carbonyl (C=O) groups excluding carboxylic acids is 1. The van der Waals surface area contributed by atoms with E-state index in [9.17, 15) is 9.59 Å². The second-order valence-electron chi connectivity index (χ2n) is 4.30. The van der Waals surface area contributed by atoms with Crippen LogP contribution in [0.1, 0.15) is 42.6 Å². The van der Waals surface area contributed by atoms with Gasteiger partial charge in [-0.1, -0.05) is 0 Å². The lowest BCUT2D eigenvalue weighted by atomic mass is 10.0. The van der Waals surface area contributed by atoms with Crippen LogP contribution in [0, 0.1) is 6.92 Å². The zero-order valence-corrected chi connectivity index (χ0v) is 12.1. The Balaban J connectivity index is 3.08. The number of hydrogen-bond donors (Lipinski definition) is 1. The average molecular weight is 280 g/mol. The lowest BCUT2D eigenvalue weighted by molar-refractivity contribution is -0.136. The third-order valence-corrected chi connectivity index (χ3v) is 2.74. The van der Waals surface area contributed by atoms with Gasteiger partial charge in [0.15, 0.2) is 5.78 Å². The van der Waals surface area contributed by atoms with Crippen molar-refractivity contribution in [3.63, 3.8) is 0 Å². The summed E-state index contributed by atoms with van der Waals surface area (Å²) in [6.45, 7) is 6.50. The van der Waals surface area contributed by atoms with Gasteiger partial charge in [0, 0.05) is 6.42 Å². The molecule has 110 valence electrons. The van der Waals surface area contributed by atoms with Gasteiger partial charge in [-0.15, -0.1) is 0 Å². The molecule has 0 fully saturated rings. The van der Waals surface area contributed by atoms with Crippen LogP contribution in [0.2, 0.25) is 0 Å². The maximum atomic E-state index is 12.1. The highest BCUT2D eigenvalue weighted by Crippen LogP contribution is 2.30. The van der Waals surface area contributed by atoms with E-state index in [1.54, 1.807) is 12.1 Å². The number of carboxylic acid groups (broad SMARTS) is 1. The fraction of sp³-hybridized carbons (Fsp3) is 0.467. The summed E-state index contributed by atoms with van der Waals surface area (Å²) in [6, 6.07) is 3.39. The molecular weight excluding hydrogens is 260 g/mol. The van der Waals surface area contributed by atoms with E-state index in [2.05, 4.69) is 0 Å². The molecule has 1 aromatic carbocycles. The van der Waals surface area contributed by atoms with Crippen molar-refractivity contribution in [1.29, 1.82) is 0 Å². The van der Waals surface area contributed by atoms with Crippen LogP contribution in [0.25, 0.3) is 0 Å². The van der Waals surface area contributed by atoms with Gasteiger partial charge in [-0.3, -0.25) is 9.59 Å². The van der Waals surface area contributed by atoms with Gasteiger partial charge in [-0.05, 0) is 38.5 Å². The topological polar surface area (TPSA) is 72.8 Å². The number of rotatable bonds is 8. The molecule has 0 radical (unpaired) electrons. The maximum absolute atomic E-state index is 12.1. The summed E-state index contributed by atoms with van der Waals surface area (Å²) in [4.78, 5) is 22.7. The van der Waals surface area contributed by atoms with E-state index in [1.807, 2.05) is 20.8 Å². The van der Waals surface area contributed by atoms with Gasteiger partial charge in [-0.25, -0.2) is 0 Å². The second kappa shape index (κ2) is 7.53. The molecule has 0 unspecified atom stereocenters. The summed E-state index contributed by atoms with van der Waals surface area (Å²) in [5, 5.41) is 8.66. The minimum absolute atomic E-state index is 0.0516. The molecule has 20 heavy (non-hydrogen) atoms. The number of benzene rings is 1. The molecular formula is C15H20O5. The van der Waals surface area contributed by atoms with Crippen molar-refractivity contribution in [3.05, 3.63) is 23.3 Å². The highest BCUT2D eigenvalue weighted by molar-refractivity contribution is 6.00. The van der Waals surface area contributed by atoms with Crippen LogP contribution in [0.5, 0.6) is 11.5 Å². The van der Waals surface area contributed by atoms with Gasteiger partial charge in [0.05, 0.1) is 25.2 Å². The Labute approximate surface area is 118 Å². The molecule has 1 rings (SSSR count). The predicted octanol–water partition coefficient (Wildman–Crippen LogP) is 2.84. The number of Topliss-reactive ketones (excluding diaryl/α,β-unsaturated/α-hetero) is 1. The molecule has 0 aliphatic heterocycles. The van der Waals surface area contributed by atoms with Crippen LogP contribution >= 0.6 is 0 Å². The SMILES string of the molecule is CCOc1cc(C(=O)CCC(=O)O)c(OCC)cc1C. The van der Waals surface area contributed by atoms with E-state index in [0.717, 1.165) is 5.56 Å². The Kier molecular flexibility index (Phi) is 6.03. The molecule has 0 amide bonds. The molecule has 0 bridgehead atoms. The van der Waals surface area contributed by atoms with Crippen molar-refractivity contribution in [3.8, 4) is 11.5 Å². The highest BCUT2D eigenvalue weighted by atomic mass is 16.5. The van der Waals surface area contributed by atoms with Crippen LogP contribution in [-0.2, 0) is 4.79 Å². The van der Waals surface area contributed by atoms with Crippen LogP contribution in [-0.4, -0.2) is 30.1 Å². The first-order chi connectivity index (χ1) is 9.49. The fourth-order valence-electron chi connectivity index (χ4n) is 1.82. The fourth-order valence-corrected chi connectivity index (χ4v) is 1.82. The van der Waals surface area contributed by atoms with Gasteiger partial charge in [-0.2, -0.15) is 0 Å². The number of aryl methyl sites for hydroxylation is 1. The summed E-state index contributed by atoms with van der Waals surface area (Å²) in [6.07, 6.45) is -0.244. The quantitative estimate of drug-likeness (QED) is 0.741. The number of carbonyl (C=O) groups is 2. The van der Waals surface area contributed by atoms with E-state index in [0.29, 0.717) is 30.3 Å². The lowest BCUT2D eigenvalue weighted by Crippen LogP contribution is -2.08. The van der Waals surface area contributed by atoms with Crippen LogP contribution in [0.3, 0.4) is 0 Å². The van der Waals surface area contributed by atoms with Crippen molar-refractivity contribution in [2.45, 2.75) is 33.6 Å². The molecule has 0 spiro atoms. The summed E-state index contributed by atoms with van der Waals surface area (Å²) >= 11 is 0.